The van der Waals surface area contributed by atoms with Gasteiger partial charge in [-0.1, -0.05) is 24.3 Å². The molecule has 0 radical (unpaired) electrons. The lowest BCUT2D eigenvalue weighted by molar-refractivity contribution is 0.226. The van der Waals surface area contributed by atoms with Crippen molar-refractivity contribution in [3.05, 3.63) is 47.8 Å². The van der Waals surface area contributed by atoms with Gasteiger partial charge in [0.1, 0.15) is 0 Å². The number of rotatable bonds is 4. The highest BCUT2D eigenvalue weighted by Crippen LogP contribution is 2.29. The first kappa shape index (κ1) is 16.3. The van der Waals surface area contributed by atoms with E-state index < -0.39 is 0 Å². The molecular formula is C20H26N4O. The quantitative estimate of drug-likeness (QED) is 0.928. The van der Waals surface area contributed by atoms with Gasteiger partial charge in [-0.3, -0.25) is 0 Å². The molecule has 132 valence electrons. The minimum Gasteiger partial charge on any atom is -0.475 e. The second-order valence-corrected chi connectivity index (χ2v) is 7.12. The van der Waals surface area contributed by atoms with Crippen LogP contribution in [0.2, 0.25) is 0 Å². The van der Waals surface area contributed by atoms with Crippen molar-refractivity contribution in [2.24, 2.45) is 5.92 Å². The Kier molecular flexibility index (Phi) is 4.83. The van der Waals surface area contributed by atoms with E-state index in [0.717, 1.165) is 38.3 Å². The molecule has 2 heterocycles. The first-order chi connectivity index (χ1) is 12.3. The summed E-state index contributed by atoms with van der Waals surface area (Å²) in [6, 6.07) is 9.16. The first-order valence-electron chi connectivity index (χ1n) is 9.29. The Bertz CT molecular complexity index is 720. The van der Waals surface area contributed by atoms with Crippen molar-refractivity contribution >= 4 is 5.82 Å². The average Bonchev–Trinajstić information content (AvgIpc) is 2.67. The summed E-state index contributed by atoms with van der Waals surface area (Å²) in [5.74, 6) is 2.10. The molecule has 2 aromatic rings. The summed E-state index contributed by atoms with van der Waals surface area (Å²) in [5.41, 5.74) is 2.96. The molecule has 1 aromatic heterocycles. The minimum atomic E-state index is 0.398. The van der Waals surface area contributed by atoms with Gasteiger partial charge < -0.3 is 15.0 Å². The second kappa shape index (κ2) is 7.40. The number of ether oxygens (including phenoxy) is 1. The third-order valence-electron chi connectivity index (χ3n) is 5.32. The Labute approximate surface area is 149 Å². The number of hydrogen-bond acceptors (Lipinski definition) is 5. The van der Waals surface area contributed by atoms with Crippen molar-refractivity contribution in [2.75, 3.05) is 31.1 Å². The van der Waals surface area contributed by atoms with E-state index in [2.05, 4.69) is 51.4 Å². The predicted octanol–water partition coefficient (Wildman–Crippen LogP) is 2.46. The molecule has 0 amide bonds. The van der Waals surface area contributed by atoms with Crippen LogP contribution in [-0.2, 0) is 12.8 Å². The van der Waals surface area contributed by atoms with Gasteiger partial charge in [-0.25, -0.2) is 9.97 Å². The van der Waals surface area contributed by atoms with E-state index >= 15 is 0 Å². The maximum atomic E-state index is 6.16. The van der Waals surface area contributed by atoms with Crippen molar-refractivity contribution in [1.29, 1.82) is 0 Å². The molecule has 2 aliphatic rings. The van der Waals surface area contributed by atoms with Gasteiger partial charge >= 0.3 is 0 Å². The van der Waals surface area contributed by atoms with Crippen LogP contribution in [0.15, 0.2) is 36.7 Å². The van der Waals surface area contributed by atoms with E-state index in [0.29, 0.717) is 24.4 Å². The third-order valence-corrected chi connectivity index (χ3v) is 5.32. The topological polar surface area (TPSA) is 50.3 Å². The van der Waals surface area contributed by atoms with Gasteiger partial charge in [0.05, 0.1) is 6.61 Å². The van der Waals surface area contributed by atoms with E-state index in [4.69, 9.17) is 4.74 Å². The number of benzene rings is 1. The number of aromatic nitrogens is 2. The average molecular weight is 338 g/mol. The molecule has 1 aromatic carbocycles. The van der Waals surface area contributed by atoms with E-state index in [1.807, 2.05) is 0 Å². The Morgan fingerprint density at radius 1 is 1.20 bits per heavy atom. The molecule has 5 heteroatoms. The smallest absolute Gasteiger partial charge is 0.257 e. The van der Waals surface area contributed by atoms with Gasteiger partial charge in [0.15, 0.2) is 5.82 Å². The van der Waals surface area contributed by atoms with Crippen LogP contribution in [0.25, 0.3) is 0 Å². The number of hydrogen-bond donors (Lipinski definition) is 1. The van der Waals surface area contributed by atoms with Gasteiger partial charge in [0.25, 0.3) is 5.88 Å². The van der Waals surface area contributed by atoms with Crippen LogP contribution in [0, 0.1) is 5.92 Å². The van der Waals surface area contributed by atoms with Crippen LogP contribution in [0.5, 0.6) is 5.88 Å². The van der Waals surface area contributed by atoms with Crippen LogP contribution in [0.4, 0.5) is 5.82 Å². The Hall–Kier alpha value is -2.14. The molecule has 1 saturated heterocycles. The van der Waals surface area contributed by atoms with Crippen LogP contribution in [0.1, 0.15) is 24.5 Å². The molecule has 25 heavy (non-hydrogen) atoms. The summed E-state index contributed by atoms with van der Waals surface area (Å²) in [5, 5.41) is 3.42. The number of aryl methyl sites for hydroxylation is 1. The number of piperazine rings is 1. The molecule has 2 atom stereocenters. The maximum absolute atomic E-state index is 6.16. The predicted molar refractivity (Wildman–Crippen MR) is 99.2 cm³/mol. The molecule has 1 fully saturated rings. The Balaban J connectivity index is 1.44. The number of fused-ring (bicyclic) bond motifs is 1. The molecule has 1 N–H and O–H groups in total. The van der Waals surface area contributed by atoms with E-state index in [9.17, 15) is 0 Å². The molecule has 1 aliphatic carbocycles. The molecule has 4 rings (SSSR count). The zero-order valence-electron chi connectivity index (χ0n) is 14.8. The van der Waals surface area contributed by atoms with Crippen LogP contribution in [0.3, 0.4) is 0 Å². The van der Waals surface area contributed by atoms with Gasteiger partial charge in [-0.05, 0) is 43.2 Å². The van der Waals surface area contributed by atoms with Crippen molar-refractivity contribution in [3.63, 3.8) is 0 Å². The summed E-state index contributed by atoms with van der Waals surface area (Å²) < 4.78 is 6.16. The second-order valence-electron chi connectivity index (χ2n) is 7.12. The van der Waals surface area contributed by atoms with E-state index in [-0.39, 0.29) is 0 Å². The zero-order chi connectivity index (χ0) is 17.1. The number of anilines is 1. The third kappa shape index (κ3) is 3.61. The summed E-state index contributed by atoms with van der Waals surface area (Å²) >= 11 is 0. The SMILES string of the molecule is C[C@@H]1CNCCN1c1nccnc1OCC1CCc2ccccc2C1. The lowest BCUT2D eigenvalue weighted by Crippen LogP contribution is -2.50. The Morgan fingerprint density at radius 3 is 2.92 bits per heavy atom. The summed E-state index contributed by atoms with van der Waals surface area (Å²) in [7, 11) is 0. The number of nitrogens with zero attached hydrogens (tertiary/aromatic N) is 3. The minimum absolute atomic E-state index is 0.398. The molecule has 5 nitrogen and oxygen atoms in total. The van der Waals surface area contributed by atoms with Gasteiger partial charge in [-0.2, -0.15) is 0 Å². The summed E-state index contributed by atoms with van der Waals surface area (Å²) in [6.45, 7) is 5.80. The van der Waals surface area contributed by atoms with Crippen molar-refractivity contribution in [2.45, 2.75) is 32.2 Å². The monoisotopic (exact) mass is 338 g/mol. The molecule has 0 spiro atoms. The fourth-order valence-electron chi connectivity index (χ4n) is 3.88. The Morgan fingerprint density at radius 2 is 2.04 bits per heavy atom. The fourth-order valence-corrected chi connectivity index (χ4v) is 3.88. The van der Waals surface area contributed by atoms with Gasteiger partial charge in [0, 0.05) is 38.1 Å². The highest BCUT2D eigenvalue weighted by atomic mass is 16.5. The van der Waals surface area contributed by atoms with Crippen LogP contribution >= 0.6 is 0 Å². The number of nitrogens with one attached hydrogen (secondary N) is 1. The molecule has 1 aliphatic heterocycles. The zero-order valence-corrected chi connectivity index (χ0v) is 14.8. The molecule has 0 bridgehead atoms. The van der Waals surface area contributed by atoms with Crippen molar-refractivity contribution < 1.29 is 4.74 Å². The maximum Gasteiger partial charge on any atom is 0.257 e. The molecule has 0 saturated carbocycles. The highest BCUT2D eigenvalue weighted by molar-refractivity contribution is 5.49. The highest BCUT2D eigenvalue weighted by Gasteiger charge is 2.24. The summed E-state index contributed by atoms with van der Waals surface area (Å²) in [6.07, 6.45) is 6.90. The van der Waals surface area contributed by atoms with E-state index in [1.54, 1.807) is 12.4 Å². The van der Waals surface area contributed by atoms with Gasteiger partial charge in [-0.15, -0.1) is 0 Å². The van der Waals surface area contributed by atoms with Gasteiger partial charge in [0.2, 0.25) is 0 Å². The summed E-state index contributed by atoms with van der Waals surface area (Å²) in [4.78, 5) is 11.3. The van der Waals surface area contributed by atoms with Crippen molar-refractivity contribution in [3.8, 4) is 5.88 Å². The molecular weight excluding hydrogens is 312 g/mol. The van der Waals surface area contributed by atoms with Crippen LogP contribution in [-0.4, -0.2) is 42.3 Å². The van der Waals surface area contributed by atoms with Crippen LogP contribution < -0.4 is 15.0 Å². The van der Waals surface area contributed by atoms with E-state index in [1.165, 1.54) is 17.5 Å². The lowest BCUT2D eigenvalue weighted by atomic mass is 9.84. The fraction of sp³-hybridized carbons (Fsp3) is 0.500. The normalized spacial score (nSPS) is 23.2. The van der Waals surface area contributed by atoms with Crippen molar-refractivity contribution in [1.82, 2.24) is 15.3 Å². The standard InChI is InChI=1S/C20H26N4O/c1-15-13-21-10-11-24(15)19-20(23-9-8-22-19)25-14-16-6-7-17-4-2-3-5-18(17)12-16/h2-5,8-9,15-16,21H,6-7,10-14H2,1H3/t15-,16?/m1/s1. The molecule has 1 unspecified atom stereocenters. The largest absolute Gasteiger partial charge is 0.475 e. The first-order valence-corrected chi connectivity index (χ1v) is 9.29. The lowest BCUT2D eigenvalue weighted by Gasteiger charge is -2.35.